The fourth-order valence-electron chi connectivity index (χ4n) is 1.46. The molecule has 1 atom stereocenters. The van der Waals surface area contributed by atoms with Crippen molar-refractivity contribution in [2.45, 2.75) is 19.4 Å². The number of rotatable bonds is 2. The molecule has 80 valence electrons. The Morgan fingerprint density at radius 1 is 1.47 bits per heavy atom. The number of hydrogen-bond donors (Lipinski definition) is 1. The molecule has 1 heterocycles. The third kappa shape index (κ3) is 2.05. The van der Waals surface area contributed by atoms with E-state index in [1.54, 1.807) is 6.07 Å². The van der Waals surface area contributed by atoms with E-state index in [0.29, 0.717) is 17.2 Å². The van der Waals surface area contributed by atoms with E-state index < -0.39 is 6.10 Å². The summed E-state index contributed by atoms with van der Waals surface area (Å²) in [6.45, 7) is 1.90. The molecule has 1 aromatic carbocycles. The Kier molecular flexibility index (Phi) is 3.05. The molecule has 0 aliphatic carbocycles. The maximum Gasteiger partial charge on any atom is 0.148 e. The highest BCUT2D eigenvalue weighted by Gasteiger charge is 2.13. The third-order valence-electron chi connectivity index (χ3n) is 2.27. The lowest BCUT2D eigenvalue weighted by Crippen LogP contribution is -1.90. The van der Waals surface area contributed by atoms with Crippen LogP contribution in [0.1, 0.15) is 25.2 Å². The summed E-state index contributed by atoms with van der Waals surface area (Å²) < 4.78 is 6.36. The molecule has 1 aromatic heterocycles. The largest absolute Gasteiger partial charge is 0.457 e. The number of aliphatic hydroxyl groups is 1. The van der Waals surface area contributed by atoms with Gasteiger partial charge >= 0.3 is 0 Å². The number of fused-ring (bicyclic) bond motifs is 1. The van der Waals surface area contributed by atoms with E-state index in [1.165, 1.54) is 0 Å². The highest BCUT2D eigenvalue weighted by molar-refractivity contribution is 9.10. The predicted octanol–water partition coefficient (Wildman–Crippen LogP) is 4.29. The van der Waals surface area contributed by atoms with Gasteiger partial charge in [-0.05, 0) is 40.5 Å². The lowest BCUT2D eigenvalue weighted by Gasteiger charge is -2.01. The molecule has 2 rings (SSSR count). The van der Waals surface area contributed by atoms with Gasteiger partial charge in [-0.1, -0.05) is 18.5 Å². The quantitative estimate of drug-likeness (QED) is 0.894. The van der Waals surface area contributed by atoms with Gasteiger partial charge in [-0.25, -0.2) is 0 Å². The minimum absolute atomic E-state index is 0.553. The maximum absolute atomic E-state index is 9.65. The number of halogens is 2. The first kappa shape index (κ1) is 11.0. The fraction of sp³-hybridized carbons (Fsp3) is 0.273. The summed E-state index contributed by atoms with van der Waals surface area (Å²) in [5.74, 6) is 0.579. The molecule has 0 spiro atoms. The van der Waals surface area contributed by atoms with Crippen LogP contribution in [0, 0.1) is 0 Å². The van der Waals surface area contributed by atoms with Gasteiger partial charge in [0.1, 0.15) is 17.4 Å². The highest BCUT2D eigenvalue weighted by Crippen LogP contribution is 2.33. The Morgan fingerprint density at radius 3 is 2.87 bits per heavy atom. The van der Waals surface area contributed by atoms with Gasteiger partial charge in [-0.3, -0.25) is 0 Å². The summed E-state index contributed by atoms with van der Waals surface area (Å²) in [5, 5.41) is 11.2. The summed E-state index contributed by atoms with van der Waals surface area (Å²) in [7, 11) is 0. The van der Waals surface area contributed by atoms with Crippen molar-refractivity contribution in [3.05, 3.63) is 33.5 Å². The SMILES string of the molecule is CCC(O)c1cc2cc(Cl)cc(Br)c2o1. The van der Waals surface area contributed by atoms with Crippen LogP contribution in [0.25, 0.3) is 11.0 Å². The smallest absolute Gasteiger partial charge is 0.148 e. The molecule has 2 aromatic rings. The van der Waals surface area contributed by atoms with Crippen molar-refractivity contribution >= 4 is 38.5 Å². The summed E-state index contributed by atoms with van der Waals surface area (Å²) in [6, 6.07) is 5.41. The molecule has 0 saturated carbocycles. The van der Waals surface area contributed by atoms with Crippen LogP contribution in [-0.2, 0) is 0 Å². The van der Waals surface area contributed by atoms with Gasteiger partial charge in [-0.2, -0.15) is 0 Å². The summed E-state index contributed by atoms with van der Waals surface area (Å²) in [5.41, 5.74) is 0.724. The van der Waals surface area contributed by atoms with Gasteiger partial charge in [0.15, 0.2) is 0 Å². The first-order chi connectivity index (χ1) is 7.11. The van der Waals surface area contributed by atoms with Gasteiger partial charge in [0.2, 0.25) is 0 Å². The molecule has 1 N–H and O–H groups in total. The zero-order valence-electron chi connectivity index (χ0n) is 8.13. The summed E-state index contributed by atoms with van der Waals surface area (Å²) in [4.78, 5) is 0. The van der Waals surface area contributed by atoms with E-state index in [2.05, 4.69) is 15.9 Å². The molecule has 0 aliphatic rings. The third-order valence-corrected chi connectivity index (χ3v) is 3.08. The highest BCUT2D eigenvalue weighted by atomic mass is 79.9. The molecule has 0 amide bonds. The van der Waals surface area contributed by atoms with Crippen LogP contribution >= 0.6 is 27.5 Å². The fourth-order valence-corrected chi connectivity index (χ4v) is 2.38. The van der Waals surface area contributed by atoms with Crippen LogP contribution < -0.4 is 0 Å². The molecular weight excluding hydrogens is 279 g/mol. The Balaban J connectivity index is 2.60. The van der Waals surface area contributed by atoms with Crippen LogP contribution in [0.15, 0.2) is 27.1 Å². The lowest BCUT2D eigenvalue weighted by molar-refractivity contribution is 0.148. The van der Waals surface area contributed by atoms with Crippen molar-refractivity contribution in [3.8, 4) is 0 Å². The molecule has 0 fully saturated rings. The van der Waals surface area contributed by atoms with E-state index >= 15 is 0 Å². The predicted molar refractivity (Wildman–Crippen MR) is 64.2 cm³/mol. The summed E-state index contributed by atoms with van der Waals surface area (Å²) in [6.07, 6.45) is 0.0774. The van der Waals surface area contributed by atoms with Gasteiger partial charge in [0, 0.05) is 10.4 Å². The lowest BCUT2D eigenvalue weighted by atomic mass is 10.2. The zero-order valence-corrected chi connectivity index (χ0v) is 10.5. The van der Waals surface area contributed by atoms with Crippen molar-refractivity contribution in [1.82, 2.24) is 0 Å². The molecule has 0 bridgehead atoms. The maximum atomic E-state index is 9.65. The van der Waals surface area contributed by atoms with Gasteiger partial charge < -0.3 is 9.52 Å². The first-order valence-corrected chi connectivity index (χ1v) is 5.85. The molecule has 2 nitrogen and oxygen atoms in total. The molecule has 0 saturated heterocycles. The standard InChI is InChI=1S/C11H10BrClO2/c1-2-9(14)10-4-6-3-7(13)5-8(12)11(6)15-10/h3-5,9,14H,2H2,1H3. The summed E-state index contributed by atoms with van der Waals surface area (Å²) >= 11 is 9.28. The molecule has 0 aliphatic heterocycles. The van der Waals surface area contributed by atoms with Crippen LogP contribution in [-0.4, -0.2) is 5.11 Å². The first-order valence-electron chi connectivity index (χ1n) is 4.68. The molecule has 15 heavy (non-hydrogen) atoms. The monoisotopic (exact) mass is 288 g/mol. The van der Waals surface area contributed by atoms with Crippen LogP contribution in [0.5, 0.6) is 0 Å². The van der Waals surface area contributed by atoms with Crippen LogP contribution in [0.2, 0.25) is 5.02 Å². The van der Waals surface area contributed by atoms with E-state index in [-0.39, 0.29) is 0 Å². The van der Waals surface area contributed by atoms with Crippen LogP contribution in [0.4, 0.5) is 0 Å². The second kappa shape index (κ2) is 4.16. The van der Waals surface area contributed by atoms with E-state index in [9.17, 15) is 5.11 Å². The average molecular weight is 290 g/mol. The number of benzene rings is 1. The minimum atomic E-state index is -0.553. The Labute approximate surface area is 101 Å². The van der Waals surface area contributed by atoms with Crippen molar-refractivity contribution in [3.63, 3.8) is 0 Å². The Hall–Kier alpha value is -0.510. The topological polar surface area (TPSA) is 33.4 Å². The van der Waals surface area contributed by atoms with Gasteiger partial charge in [0.25, 0.3) is 0 Å². The molecule has 1 unspecified atom stereocenters. The van der Waals surface area contributed by atoms with E-state index in [0.717, 1.165) is 15.4 Å². The van der Waals surface area contributed by atoms with E-state index in [1.807, 2.05) is 19.1 Å². The van der Waals surface area contributed by atoms with Crippen LogP contribution in [0.3, 0.4) is 0 Å². The number of aliphatic hydroxyl groups excluding tert-OH is 1. The molecule has 4 heteroatoms. The molecule has 0 radical (unpaired) electrons. The normalized spacial score (nSPS) is 13.3. The Bertz CT molecular complexity index is 493. The van der Waals surface area contributed by atoms with Crippen molar-refractivity contribution < 1.29 is 9.52 Å². The van der Waals surface area contributed by atoms with Gasteiger partial charge in [-0.15, -0.1) is 0 Å². The minimum Gasteiger partial charge on any atom is -0.457 e. The Morgan fingerprint density at radius 2 is 2.20 bits per heavy atom. The van der Waals surface area contributed by atoms with Crippen molar-refractivity contribution in [2.75, 3.05) is 0 Å². The molecular formula is C11H10BrClO2. The number of hydrogen-bond acceptors (Lipinski definition) is 2. The second-order valence-electron chi connectivity index (χ2n) is 3.38. The van der Waals surface area contributed by atoms with E-state index in [4.69, 9.17) is 16.0 Å². The second-order valence-corrected chi connectivity index (χ2v) is 4.67. The average Bonchev–Trinajstić information content (AvgIpc) is 2.60. The van der Waals surface area contributed by atoms with Gasteiger partial charge in [0.05, 0.1) is 4.47 Å². The number of furan rings is 1. The zero-order chi connectivity index (χ0) is 11.0. The van der Waals surface area contributed by atoms with Crippen molar-refractivity contribution in [2.24, 2.45) is 0 Å². The van der Waals surface area contributed by atoms with Crippen molar-refractivity contribution in [1.29, 1.82) is 0 Å².